The Kier molecular flexibility index (Phi) is 7.27. The van der Waals surface area contributed by atoms with Gasteiger partial charge in [-0.1, -0.05) is 44.4 Å². The third-order valence-electron chi connectivity index (χ3n) is 5.40. The lowest BCUT2D eigenvalue weighted by molar-refractivity contribution is -0.127. The number of hydrogen-bond donors (Lipinski definition) is 3. The molecule has 1 atom stereocenters. The predicted molar refractivity (Wildman–Crippen MR) is 112 cm³/mol. The second kappa shape index (κ2) is 10.1. The average molecular weight is 399 g/mol. The van der Waals surface area contributed by atoms with Gasteiger partial charge in [0, 0.05) is 36.6 Å². The molecule has 0 aliphatic carbocycles. The molecule has 1 aromatic carbocycles. The molecule has 3 N–H and O–H groups in total. The number of carbonyl (C=O) groups is 3. The molecule has 1 fully saturated rings. The normalized spacial score (nSPS) is 16.4. The van der Waals surface area contributed by atoms with Gasteiger partial charge in [0.2, 0.25) is 5.91 Å². The van der Waals surface area contributed by atoms with Crippen LogP contribution in [0.5, 0.6) is 0 Å². The Morgan fingerprint density at radius 3 is 2.83 bits per heavy atom. The first-order chi connectivity index (χ1) is 14.1. The Morgan fingerprint density at radius 2 is 2.00 bits per heavy atom. The van der Waals surface area contributed by atoms with E-state index in [9.17, 15) is 14.4 Å². The smallest absolute Gasteiger partial charge is 0.324 e. The van der Waals surface area contributed by atoms with Crippen LogP contribution in [-0.4, -0.2) is 46.9 Å². The first-order valence-electron chi connectivity index (χ1n) is 10.5. The summed E-state index contributed by atoms with van der Waals surface area (Å²) in [5.41, 5.74) is 2.12. The molecule has 2 heterocycles. The molecular formula is C22H30N4O3. The summed E-state index contributed by atoms with van der Waals surface area (Å²) in [5, 5.41) is 6.70. The molecule has 0 spiro atoms. The third kappa shape index (κ3) is 5.37. The SMILES string of the molecule is CCCCCCNC(=O)CC[C@@H]1NC(=O)N(CCc2c[nH]c3ccccc23)C1=O. The van der Waals surface area contributed by atoms with Crippen molar-refractivity contribution < 1.29 is 14.4 Å². The summed E-state index contributed by atoms with van der Waals surface area (Å²) in [6.07, 6.45) is 7.50. The van der Waals surface area contributed by atoms with Gasteiger partial charge in [-0.3, -0.25) is 14.5 Å². The first-order valence-corrected chi connectivity index (χ1v) is 10.5. The lowest BCUT2D eigenvalue weighted by Crippen LogP contribution is -2.34. The number of hydrogen-bond acceptors (Lipinski definition) is 3. The van der Waals surface area contributed by atoms with Crippen LogP contribution in [0.4, 0.5) is 4.79 Å². The number of benzene rings is 1. The molecule has 4 amide bonds. The second-order valence-corrected chi connectivity index (χ2v) is 7.55. The minimum atomic E-state index is -0.615. The first kappa shape index (κ1) is 20.9. The van der Waals surface area contributed by atoms with Gasteiger partial charge in [-0.05, 0) is 30.9 Å². The van der Waals surface area contributed by atoms with E-state index in [1.807, 2.05) is 30.5 Å². The van der Waals surface area contributed by atoms with Crippen LogP contribution >= 0.6 is 0 Å². The fraction of sp³-hybridized carbons (Fsp3) is 0.500. The van der Waals surface area contributed by atoms with Crippen LogP contribution in [0.2, 0.25) is 0 Å². The molecule has 1 aliphatic heterocycles. The molecule has 7 heteroatoms. The average Bonchev–Trinajstić information content (AvgIpc) is 3.25. The van der Waals surface area contributed by atoms with Crippen molar-refractivity contribution in [3.05, 3.63) is 36.0 Å². The minimum Gasteiger partial charge on any atom is -0.361 e. The van der Waals surface area contributed by atoms with Gasteiger partial charge in [0.15, 0.2) is 0 Å². The zero-order valence-electron chi connectivity index (χ0n) is 17.0. The number of amides is 4. The largest absolute Gasteiger partial charge is 0.361 e. The molecule has 0 saturated carbocycles. The van der Waals surface area contributed by atoms with Crippen LogP contribution in [0.3, 0.4) is 0 Å². The fourth-order valence-electron chi connectivity index (χ4n) is 3.70. The van der Waals surface area contributed by atoms with Gasteiger partial charge in [0.1, 0.15) is 6.04 Å². The minimum absolute atomic E-state index is 0.0687. The summed E-state index contributed by atoms with van der Waals surface area (Å²) in [6.45, 7) is 3.14. The van der Waals surface area contributed by atoms with Crippen LogP contribution in [0.1, 0.15) is 51.0 Å². The maximum atomic E-state index is 12.6. The van der Waals surface area contributed by atoms with E-state index in [4.69, 9.17) is 0 Å². The van der Waals surface area contributed by atoms with E-state index >= 15 is 0 Å². The van der Waals surface area contributed by atoms with Crippen molar-refractivity contribution >= 4 is 28.7 Å². The van der Waals surface area contributed by atoms with Gasteiger partial charge in [-0.15, -0.1) is 0 Å². The molecule has 1 aromatic heterocycles. The van der Waals surface area contributed by atoms with Crippen molar-refractivity contribution in [1.29, 1.82) is 0 Å². The van der Waals surface area contributed by atoms with Crippen molar-refractivity contribution in [3.8, 4) is 0 Å². The van der Waals surface area contributed by atoms with Crippen LogP contribution in [0, 0.1) is 0 Å². The van der Waals surface area contributed by atoms with E-state index < -0.39 is 6.04 Å². The molecule has 156 valence electrons. The lowest BCUT2D eigenvalue weighted by Gasteiger charge is -2.12. The predicted octanol–water partition coefficient (Wildman–Crippen LogP) is 3.11. The van der Waals surface area contributed by atoms with Crippen molar-refractivity contribution in [2.45, 2.75) is 57.9 Å². The fourth-order valence-corrected chi connectivity index (χ4v) is 3.70. The maximum absolute atomic E-state index is 12.6. The van der Waals surface area contributed by atoms with Crippen molar-refractivity contribution in [2.75, 3.05) is 13.1 Å². The van der Waals surface area contributed by atoms with Gasteiger partial charge < -0.3 is 15.6 Å². The van der Waals surface area contributed by atoms with E-state index in [1.165, 1.54) is 11.3 Å². The summed E-state index contributed by atoms with van der Waals surface area (Å²) < 4.78 is 0. The molecule has 1 aliphatic rings. The van der Waals surface area contributed by atoms with E-state index in [0.717, 1.165) is 35.7 Å². The number of nitrogens with zero attached hydrogens (tertiary/aromatic N) is 1. The molecule has 0 radical (unpaired) electrons. The number of carbonyl (C=O) groups excluding carboxylic acids is 3. The summed E-state index contributed by atoms with van der Waals surface area (Å²) in [7, 11) is 0. The monoisotopic (exact) mass is 398 g/mol. The van der Waals surface area contributed by atoms with Gasteiger partial charge in [-0.25, -0.2) is 4.79 Å². The molecule has 1 saturated heterocycles. The molecule has 2 aromatic rings. The van der Waals surface area contributed by atoms with E-state index in [-0.39, 0.29) is 24.3 Å². The molecule has 3 rings (SSSR count). The lowest BCUT2D eigenvalue weighted by atomic mass is 10.1. The van der Waals surface area contributed by atoms with Gasteiger partial charge >= 0.3 is 6.03 Å². The highest BCUT2D eigenvalue weighted by atomic mass is 16.2. The molecule has 0 bridgehead atoms. The Labute approximate surface area is 171 Å². The Hall–Kier alpha value is -2.83. The summed E-state index contributed by atoms with van der Waals surface area (Å²) in [6, 6.07) is 6.97. The maximum Gasteiger partial charge on any atom is 0.324 e. The Bertz CT molecular complexity index is 861. The highest BCUT2D eigenvalue weighted by molar-refractivity contribution is 6.04. The number of imide groups is 1. The van der Waals surface area contributed by atoms with Crippen molar-refractivity contribution in [1.82, 2.24) is 20.5 Å². The van der Waals surface area contributed by atoms with E-state index in [2.05, 4.69) is 22.5 Å². The van der Waals surface area contributed by atoms with E-state index in [0.29, 0.717) is 25.9 Å². The van der Waals surface area contributed by atoms with Crippen LogP contribution < -0.4 is 10.6 Å². The summed E-state index contributed by atoms with van der Waals surface area (Å²) in [5.74, 6) is -0.314. The quantitative estimate of drug-likeness (QED) is 0.401. The van der Waals surface area contributed by atoms with Crippen LogP contribution in [0.15, 0.2) is 30.5 Å². The van der Waals surface area contributed by atoms with Gasteiger partial charge in [-0.2, -0.15) is 0 Å². The topological polar surface area (TPSA) is 94.3 Å². The van der Waals surface area contributed by atoms with Gasteiger partial charge in [0.05, 0.1) is 0 Å². The number of urea groups is 1. The number of para-hydroxylation sites is 1. The summed E-state index contributed by atoms with van der Waals surface area (Å²) in [4.78, 5) is 41.2. The van der Waals surface area contributed by atoms with Gasteiger partial charge in [0.25, 0.3) is 5.91 Å². The number of rotatable bonds is 11. The number of H-pyrrole nitrogens is 1. The third-order valence-corrected chi connectivity index (χ3v) is 5.40. The van der Waals surface area contributed by atoms with E-state index in [1.54, 1.807) is 0 Å². The van der Waals surface area contributed by atoms with Crippen molar-refractivity contribution in [3.63, 3.8) is 0 Å². The Balaban J connectivity index is 1.44. The molecule has 0 unspecified atom stereocenters. The second-order valence-electron chi connectivity index (χ2n) is 7.55. The molecule has 7 nitrogen and oxygen atoms in total. The highest BCUT2D eigenvalue weighted by Gasteiger charge is 2.37. The Morgan fingerprint density at radius 1 is 1.17 bits per heavy atom. The number of aromatic nitrogens is 1. The zero-order valence-corrected chi connectivity index (χ0v) is 17.0. The molecule has 29 heavy (non-hydrogen) atoms. The van der Waals surface area contributed by atoms with Crippen LogP contribution in [-0.2, 0) is 16.0 Å². The standard InChI is InChI=1S/C22H30N4O3/c1-2-3-4-7-13-23-20(27)11-10-19-21(28)26(22(29)25-19)14-12-16-15-24-18-9-6-5-8-17(16)18/h5-6,8-9,15,19,24H,2-4,7,10-14H2,1H3,(H,23,27)(H,25,29)/t19-/m0/s1. The summed E-state index contributed by atoms with van der Waals surface area (Å²) >= 11 is 0. The van der Waals surface area contributed by atoms with Crippen LogP contribution in [0.25, 0.3) is 10.9 Å². The number of unbranched alkanes of at least 4 members (excludes halogenated alkanes) is 3. The highest BCUT2D eigenvalue weighted by Crippen LogP contribution is 2.19. The zero-order chi connectivity index (χ0) is 20.6. The van der Waals surface area contributed by atoms with Crippen molar-refractivity contribution in [2.24, 2.45) is 0 Å². The molecular weight excluding hydrogens is 368 g/mol. The number of nitrogens with one attached hydrogen (secondary N) is 3. The number of fused-ring (bicyclic) bond motifs is 1. The number of aromatic amines is 1.